The fourth-order valence-electron chi connectivity index (χ4n) is 6.15. The zero-order chi connectivity index (χ0) is 30.5. The molecule has 0 radical (unpaired) electrons. The van der Waals surface area contributed by atoms with Crippen molar-refractivity contribution in [1.29, 1.82) is 0 Å². The monoisotopic (exact) mass is 585 g/mol. The van der Waals surface area contributed by atoms with Crippen molar-refractivity contribution in [3.05, 3.63) is 43.0 Å². The summed E-state index contributed by atoms with van der Waals surface area (Å²) < 4.78 is 29.1. The summed E-state index contributed by atoms with van der Waals surface area (Å²) in [6.45, 7) is 12.7. The van der Waals surface area contributed by atoms with Gasteiger partial charge in [0.05, 0.1) is 39.5 Å². The molecule has 1 aromatic rings. The van der Waals surface area contributed by atoms with Crippen LogP contribution in [0.15, 0.2) is 37.4 Å². The third-order valence-corrected chi connectivity index (χ3v) is 8.37. The Morgan fingerprint density at radius 3 is 2.33 bits per heavy atom. The Morgan fingerprint density at radius 1 is 0.952 bits per heavy atom. The molecule has 0 aromatic heterocycles. The largest absolute Gasteiger partial charge is 0.493 e. The molecule has 234 valence electrons. The van der Waals surface area contributed by atoms with Crippen LogP contribution in [0.5, 0.6) is 17.2 Å². The van der Waals surface area contributed by atoms with Crippen molar-refractivity contribution in [2.75, 3.05) is 34.0 Å². The average molecular weight is 586 g/mol. The summed E-state index contributed by atoms with van der Waals surface area (Å²) in [5.74, 6) is 0.913. The molecule has 4 atom stereocenters. The summed E-state index contributed by atoms with van der Waals surface area (Å²) in [6.07, 6.45) is 12.0. The lowest BCUT2D eigenvalue weighted by atomic mass is 9.75. The highest BCUT2D eigenvalue weighted by atomic mass is 16.5. The number of methoxy groups -OCH3 is 2. The van der Waals surface area contributed by atoms with Crippen molar-refractivity contribution < 1.29 is 33.3 Å². The predicted octanol–water partition coefficient (Wildman–Crippen LogP) is 6.62. The van der Waals surface area contributed by atoms with Crippen LogP contribution in [-0.4, -0.2) is 69.0 Å². The fourth-order valence-corrected chi connectivity index (χ4v) is 6.15. The quantitative estimate of drug-likeness (QED) is 0.159. The first-order valence-electron chi connectivity index (χ1n) is 15.6. The van der Waals surface area contributed by atoms with E-state index >= 15 is 0 Å². The van der Waals surface area contributed by atoms with E-state index in [1.165, 1.54) is 6.42 Å². The molecule has 0 unspecified atom stereocenters. The summed E-state index contributed by atoms with van der Waals surface area (Å²) >= 11 is 0. The molecule has 8 heteroatoms. The number of ether oxygens (including phenoxy) is 5. The van der Waals surface area contributed by atoms with Gasteiger partial charge in [-0.05, 0) is 69.6 Å². The molecule has 1 aliphatic heterocycles. The van der Waals surface area contributed by atoms with Gasteiger partial charge in [-0.15, -0.1) is 13.2 Å². The Morgan fingerprint density at radius 2 is 1.67 bits per heavy atom. The number of amides is 1. The van der Waals surface area contributed by atoms with Crippen molar-refractivity contribution in [1.82, 2.24) is 4.90 Å². The maximum Gasteiger partial charge on any atom is 0.329 e. The standard InChI is InChI=1S/C34H51NO7/c1-7-14-25(4)42-34(37)28-17-12-13-19-35(28)33(36)31(26-15-10-9-11-16-26)27-22-29(38-5)32(39-6)30(23-27)41-21-18-24(3)40-20-8-2/h7-8,22-26,28,31H,1-2,9-21H2,3-6H3/t24-,25-,28+,31+/m1/s1. The van der Waals surface area contributed by atoms with E-state index in [4.69, 9.17) is 23.7 Å². The number of benzene rings is 1. The Kier molecular flexibility index (Phi) is 13.7. The molecule has 8 nitrogen and oxygen atoms in total. The van der Waals surface area contributed by atoms with E-state index in [2.05, 4.69) is 13.2 Å². The van der Waals surface area contributed by atoms with Crippen molar-refractivity contribution in [3.63, 3.8) is 0 Å². The van der Waals surface area contributed by atoms with Crippen LogP contribution < -0.4 is 14.2 Å². The molecule has 1 aromatic carbocycles. The molecule has 0 N–H and O–H groups in total. The van der Waals surface area contributed by atoms with Crippen LogP contribution in [0.3, 0.4) is 0 Å². The second-order valence-electron chi connectivity index (χ2n) is 11.5. The van der Waals surface area contributed by atoms with E-state index in [0.717, 1.165) is 44.1 Å². The molecular weight excluding hydrogens is 534 g/mol. The number of carbonyl (C=O) groups is 2. The lowest BCUT2D eigenvalue weighted by Gasteiger charge is -2.39. The van der Waals surface area contributed by atoms with Gasteiger partial charge in [0.25, 0.3) is 0 Å². The summed E-state index contributed by atoms with van der Waals surface area (Å²) in [4.78, 5) is 29.6. The zero-order valence-corrected chi connectivity index (χ0v) is 26.1. The van der Waals surface area contributed by atoms with Gasteiger partial charge in [-0.2, -0.15) is 0 Å². The van der Waals surface area contributed by atoms with Crippen molar-refractivity contribution >= 4 is 11.9 Å². The molecular formula is C34H51NO7. The van der Waals surface area contributed by atoms with Gasteiger partial charge < -0.3 is 28.6 Å². The molecule has 0 bridgehead atoms. The molecule has 2 aliphatic rings. The number of carbonyl (C=O) groups excluding carboxylic acids is 2. The second kappa shape index (κ2) is 17.2. The van der Waals surface area contributed by atoms with Gasteiger partial charge >= 0.3 is 5.97 Å². The maximum atomic E-state index is 14.6. The highest BCUT2D eigenvalue weighted by Gasteiger charge is 2.41. The lowest BCUT2D eigenvalue weighted by molar-refractivity contribution is -0.161. The Balaban J connectivity index is 1.95. The minimum atomic E-state index is -0.586. The van der Waals surface area contributed by atoms with Crippen molar-refractivity contribution in [2.24, 2.45) is 5.92 Å². The molecule has 0 spiro atoms. The lowest BCUT2D eigenvalue weighted by Crippen LogP contribution is -2.51. The molecule has 1 saturated heterocycles. The fraction of sp³-hybridized carbons (Fsp3) is 0.647. The van der Waals surface area contributed by atoms with Gasteiger partial charge in [0.15, 0.2) is 11.5 Å². The van der Waals surface area contributed by atoms with Crippen LogP contribution in [0.4, 0.5) is 0 Å². The Labute approximate surface area is 252 Å². The number of nitrogens with zero attached hydrogens (tertiary/aromatic N) is 1. The smallest absolute Gasteiger partial charge is 0.329 e. The van der Waals surface area contributed by atoms with E-state index in [0.29, 0.717) is 56.3 Å². The van der Waals surface area contributed by atoms with Gasteiger partial charge in [-0.1, -0.05) is 31.4 Å². The predicted molar refractivity (Wildman–Crippen MR) is 164 cm³/mol. The third-order valence-electron chi connectivity index (χ3n) is 8.37. The van der Waals surface area contributed by atoms with E-state index in [-0.39, 0.29) is 30.0 Å². The van der Waals surface area contributed by atoms with E-state index in [9.17, 15) is 9.59 Å². The van der Waals surface area contributed by atoms with Gasteiger partial charge in [0.1, 0.15) is 12.1 Å². The van der Waals surface area contributed by atoms with Crippen molar-refractivity contribution in [3.8, 4) is 17.2 Å². The van der Waals surface area contributed by atoms with Gasteiger partial charge in [0.2, 0.25) is 11.7 Å². The van der Waals surface area contributed by atoms with E-state index in [1.807, 2.05) is 26.0 Å². The summed E-state index contributed by atoms with van der Waals surface area (Å²) in [5.41, 5.74) is 0.827. The molecule has 3 rings (SSSR count). The minimum Gasteiger partial charge on any atom is -0.493 e. The Hall–Kier alpha value is -3.00. The number of rotatable bonds is 16. The first-order chi connectivity index (χ1) is 20.3. The first kappa shape index (κ1) is 33.5. The van der Waals surface area contributed by atoms with Gasteiger partial charge in [0, 0.05) is 19.4 Å². The zero-order valence-electron chi connectivity index (χ0n) is 26.1. The average Bonchev–Trinajstić information content (AvgIpc) is 3.00. The van der Waals surface area contributed by atoms with Gasteiger partial charge in [-0.25, -0.2) is 4.79 Å². The normalized spacial score (nSPS) is 19.7. The topological polar surface area (TPSA) is 83.5 Å². The van der Waals surface area contributed by atoms with Gasteiger partial charge in [-0.3, -0.25) is 4.79 Å². The molecule has 1 saturated carbocycles. The minimum absolute atomic E-state index is 0.000581. The number of esters is 1. The van der Waals surface area contributed by atoms with Crippen LogP contribution >= 0.6 is 0 Å². The number of hydrogen-bond acceptors (Lipinski definition) is 7. The summed E-state index contributed by atoms with van der Waals surface area (Å²) in [7, 11) is 3.18. The van der Waals surface area contributed by atoms with Crippen LogP contribution in [0.25, 0.3) is 0 Å². The Bertz CT molecular complexity index is 1030. The highest BCUT2D eigenvalue weighted by Crippen LogP contribution is 2.45. The number of likely N-dealkylation sites (tertiary alicyclic amines) is 1. The molecule has 1 amide bonds. The van der Waals surface area contributed by atoms with Crippen molar-refractivity contribution in [2.45, 2.75) is 102 Å². The SMILES string of the molecule is C=CCO[C@H](C)CCOc1cc([C@@H](C(=O)N2CCCC[C@H]2C(=O)O[C@H](C)CC=C)C2CCCCC2)cc(OC)c1OC. The van der Waals surface area contributed by atoms with Crippen LogP contribution in [0.2, 0.25) is 0 Å². The molecule has 1 aliphatic carbocycles. The third kappa shape index (κ3) is 9.00. The molecule has 42 heavy (non-hydrogen) atoms. The van der Waals surface area contributed by atoms with E-state index in [1.54, 1.807) is 31.3 Å². The first-order valence-corrected chi connectivity index (χ1v) is 15.6. The second-order valence-corrected chi connectivity index (χ2v) is 11.5. The number of hydrogen-bond donors (Lipinski definition) is 0. The van der Waals surface area contributed by atoms with Crippen LogP contribution in [-0.2, 0) is 19.1 Å². The number of piperidine rings is 1. The molecule has 2 fully saturated rings. The summed E-state index contributed by atoms with van der Waals surface area (Å²) in [5, 5.41) is 0. The maximum absolute atomic E-state index is 14.6. The highest BCUT2D eigenvalue weighted by molar-refractivity contribution is 5.89. The van der Waals surface area contributed by atoms with E-state index < -0.39 is 12.0 Å². The molecule has 1 heterocycles. The van der Waals surface area contributed by atoms with Crippen LogP contribution in [0, 0.1) is 5.92 Å². The van der Waals surface area contributed by atoms with Crippen LogP contribution in [0.1, 0.15) is 89.5 Å². The summed E-state index contributed by atoms with van der Waals surface area (Å²) in [6, 6.07) is 3.25.